The van der Waals surface area contributed by atoms with Crippen molar-refractivity contribution in [1.82, 2.24) is 9.97 Å². The molecule has 0 spiro atoms. The molecule has 138 valence electrons. The fourth-order valence-electron chi connectivity index (χ4n) is 2.57. The maximum atomic E-state index is 13.8. The standard InChI is InChI=1S/C20H18F2N4O/c1-11-6-4-9-16(12(11)2)25-20(27)17-10-18(24-13(3)23-17)26-19-14(21)7-5-8-15(19)22/h4-10H,1-3H3,(H,25,27)(H,23,24,26). The molecule has 7 heteroatoms. The van der Waals surface area contributed by atoms with Gasteiger partial charge in [0.2, 0.25) is 0 Å². The maximum Gasteiger partial charge on any atom is 0.274 e. The molecule has 1 amide bonds. The van der Waals surface area contributed by atoms with Gasteiger partial charge in [-0.15, -0.1) is 0 Å². The summed E-state index contributed by atoms with van der Waals surface area (Å²) in [5.74, 6) is -1.54. The first-order chi connectivity index (χ1) is 12.8. The number of aryl methyl sites for hydroxylation is 2. The molecule has 1 heterocycles. The van der Waals surface area contributed by atoms with Crippen LogP contribution < -0.4 is 10.6 Å². The molecule has 3 rings (SSSR count). The lowest BCUT2D eigenvalue weighted by Gasteiger charge is -2.12. The molecule has 3 aromatic rings. The molecule has 0 fully saturated rings. The van der Waals surface area contributed by atoms with Gasteiger partial charge in [-0.2, -0.15) is 0 Å². The summed E-state index contributed by atoms with van der Waals surface area (Å²) in [7, 11) is 0. The molecule has 27 heavy (non-hydrogen) atoms. The molecule has 0 aliphatic heterocycles. The van der Waals surface area contributed by atoms with Crippen molar-refractivity contribution in [2.75, 3.05) is 10.6 Å². The Morgan fingerprint density at radius 1 is 0.963 bits per heavy atom. The van der Waals surface area contributed by atoms with E-state index in [1.807, 2.05) is 26.0 Å². The second kappa shape index (κ2) is 7.49. The number of amides is 1. The van der Waals surface area contributed by atoms with E-state index < -0.39 is 17.5 Å². The number of anilines is 3. The summed E-state index contributed by atoms with van der Waals surface area (Å²) in [5.41, 5.74) is 2.41. The highest BCUT2D eigenvalue weighted by Crippen LogP contribution is 2.23. The molecule has 0 unspecified atom stereocenters. The van der Waals surface area contributed by atoms with Crippen LogP contribution in [0.2, 0.25) is 0 Å². The van der Waals surface area contributed by atoms with Gasteiger partial charge in [0.25, 0.3) is 5.91 Å². The van der Waals surface area contributed by atoms with Crippen LogP contribution in [0.25, 0.3) is 0 Å². The second-order valence-electron chi connectivity index (χ2n) is 6.11. The number of nitrogens with zero attached hydrogens (tertiary/aromatic N) is 2. The number of halogens is 2. The van der Waals surface area contributed by atoms with Gasteiger partial charge in [-0.1, -0.05) is 18.2 Å². The molecule has 1 aromatic heterocycles. The SMILES string of the molecule is Cc1nc(Nc2c(F)cccc2F)cc(C(=O)Nc2cccc(C)c2C)n1. The van der Waals surface area contributed by atoms with E-state index in [0.717, 1.165) is 23.3 Å². The van der Waals surface area contributed by atoms with Crippen LogP contribution in [0.3, 0.4) is 0 Å². The highest BCUT2D eigenvalue weighted by molar-refractivity contribution is 6.03. The average molecular weight is 368 g/mol. The van der Waals surface area contributed by atoms with Crippen molar-refractivity contribution in [3.63, 3.8) is 0 Å². The summed E-state index contributed by atoms with van der Waals surface area (Å²) in [6.45, 7) is 5.45. The van der Waals surface area contributed by atoms with Gasteiger partial charge in [-0.25, -0.2) is 18.7 Å². The summed E-state index contributed by atoms with van der Waals surface area (Å²) < 4.78 is 27.7. The van der Waals surface area contributed by atoms with Gasteiger partial charge in [0.05, 0.1) is 0 Å². The molecular formula is C20H18F2N4O. The molecule has 0 aliphatic rings. The Hall–Kier alpha value is -3.35. The number of hydrogen-bond donors (Lipinski definition) is 2. The molecule has 0 atom stereocenters. The summed E-state index contributed by atoms with van der Waals surface area (Å²) in [6, 6.07) is 10.5. The zero-order chi connectivity index (χ0) is 19.6. The molecular weight excluding hydrogens is 350 g/mol. The largest absolute Gasteiger partial charge is 0.335 e. The number of nitrogens with one attached hydrogen (secondary N) is 2. The third-order valence-corrected chi connectivity index (χ3v) is 4.14. The van der Waals surface area contributed by atoms with E-state index in [0.29, 0.717) is 11.5 Å². The lowest BCUT2D eigenvalue weighted by molar-refractivity contribution is 0.102. The van der Waals surface area contributed by atoms with Crippen LogP contribution in [0.5, 0.6) is 0 Å². The lowest BCUT2D eigenvalue weighted by atomic mass is 10.1. The first-order valence-corrected chi connectivity index (χ1v) is 8.29. The number of carbonyl (C=O) groups excluding carboxylic acids is 1. The van der Waals surface area contributed by atoms with E-state index in [1.54, 1.807) is 13.0 Å². The van der Waals surface area contributed by atoms with Crippen LogP contribution in [0.15, 0.2) is 42.5 Å². The first-order valence-electron chi connectivity index (χ1n) is 8.29. The van der Waals surface area contributed by atoms with Crippen LogP contribution in [-0.2, 0) is 0 Å². The molecule has 0 aliphatic carbocycles. The highest BCUT2D eigenvalue weighted by Gasteiger charge is 2.15. The Kier molecular flexibility index (Phi) is 5.12. The van der Waals surface area contributed by atoms with Gasteiger partial charge in [0.1, 0.15) is 34.7 Å². The Bertz CT molecular complexity index is 1000. The van der Waals surface area contributed by atoms with Crippen molar-refractivity contribution in [3.05, 3.63) is 76.7 Å². The second-order valence-corrected chi connectivity index (χ2v) is 6.11. The van der Waals surface area contributed by atoms with E-state index in [4.69, 9.17) is 0 Å². The first kappa shape index (κ1) is 18.4. The number of carbonyl (C=O) groups is 1. The predicted octanol–water partition coefficient (Wildman–Crippen LogP) is 4.68. The number of para-hydroxylation sites is 1. The number of benzene rings is 2. The summed E-state index contributed by atoms with van der Waals surface area (Å²) in [5, 5.41) is 5.38. The van der Waals surface area contributed by atoms with Gasteiger partial charge in [-0.3, -0.25) is 4.79 Å². The Morgan fingerprint density at radius 2 is 1.63 bits per heavy atom. The van der Waals surface area contributed by atoms with E-state index in [2.05, 4.69) is 20.6 Å². The third kappa shape index (κ3) is 4.08. The van der Waals surface area contributed by atoms with E-state index in [9.17, 15) is 13.6 Å². The van der Waals surface area contributed by atoms with Crippen molar-refractivity contribution < 1.29 is 13.6 Å². The smallest absolute Gasteiger partial charge is 0.274 e. The van der Waals surface area contributed by atoms with Crippen molar-refractivity contribution in [1.29, 1.82) is 0 Å². The normalized spacial score (nSPS) is 10.6. The summed E-state index contributed by atoms with van der Waals surface area (Å²) in [6.07, 6.45) is 0. The van der Waals surface area contributed by atoms with E-state index in [-0.39, 0.29) is 17.2 Å². The van der Waals surface area contributed by atoms with Crippen LogP contribution in [0.1, 0.15) is 27.4 Å². The van der Waals surface area contributed by atoms with Crippen LogP contribution >= 0.6 is 0 Å². The summed E-state index contributed by atoms with van der Waals surface area (Å²) >= 11 is 0. The number of aromatic nitrogens is 2. The average Bonchev–Trinajstić information content (AvgIpc) is 2.62. The molecule has 0 bridgehead atoms. The molecule has 2 N–H and O–H groups in total. The quantitative estimate of drug-likeness (QED) is 0.702. The van der Waals surface area contributed by atoms with E-state index in [1.165, 1.54) is 12.1 Å². The van der Waals surface area contributed by atoms with Crippen LogP contribution in [0.4, 0.5) is 26.0 Å². The molecule has 2 aromatic carbocycles. The van der Waals surface area contributed by atoms with Gasteiger partial charge >= 0.3 is 0 Å². The van der Waals surface area contributed by atoms with Gasteiger partial charge in [-0.05, 0) is 50.1 Å². The zero-order valence-corrected chi connectivity index (χ0v) is 15.1. The zero-order valence-electron chi connectivity index (χ0n) is 15.1. The van der Waals surface area contributed by atoms with Crippen molar-refractivity contribution in [2.45, 2.75) is 20.8 Å². The van der Waals surface area contributed by atoms with Gasteiger partial charge < -0.3 is 10.6 Å². The van der Waals surface area contributed by atoms with Crippen molar-refractivity contribution >= 4 is 23.1 Å². The van der Waals surface area contributed by atoms with Crippen molar-refractivity contribution in [2.24, 2.45) is 0 Å². The minimum absolute atomic E-state index is 0.0858. The molecule has 0 radical (unpaired) electrons. The Morgan fingerprint density at radius 3 is 2.33 bits per heavy atom. The van der Waals surface area contributed by atoms with Gasteiger partial charge in [0, 0.05) is 11.8 Å². The number of hydrogen-bond acceptors (Lipinski definition) is 4. The highest BCUT2D eigenvalue weighted by atomic mass is 19.1. The van der Waals surface area contributed by atoms with Crippen LogP contribution in [-0.4, -0.2) is 15.9 Å². The fourth-order valence-corrected chi connectivity index (χ4v) is 2.57. The van der Waals surface area contributed by atoms with Gasteiger partial charge in [0.15, 0.2) is 0 Å². The fraction of sp³-hybridized carbons (Fsp3) is 0.150. The minimum atomic E-state index is -0.757. The van der Waals surface area contributed by atoms with E-state index >= 15 is 0 Å². The molecule has 5 nitrogen and oxygen atoms in total. The Labute approximate surface area is 155 Å². The lowest BCUT2D eigenvalue weighted by Crippen LogP contribution is -2.16. The Balaban J connectivity index is 1.89. The summed E-state index contributed by atoms with van der Waals surface area (Å²) in [4.78, 5) is 20.8. The molecule has 0 saturated carbocycles. The monoisotopic (exact) mass is 368 g/mol. The number of rotatable bonds is 4. The molecule has 0 saturated heterocycles. The maximum absolute atomic E-state index is 13.8. The van der Waals surface area contributed by atoms with Crippen LogP contribution in [0, 0.1) is 32.4 Å². The van der Waals surface area contributed by atoms with Crippen molar-refractivity contribution in [3.8, 4) is 0 Å². The minimum Gasteiger partial charge on any atom is -0.335 e. The predicted molar refractivity (Wildman–Crippen MR) is 100 cm³/mol. The topological polar surface area (TPSA) is 66.9 Å². The third-order valence-electron chi connectivity index (χ3n) is 4.14.